The molecule has 0 fully saturated rings. The number of nitrogens with two attached hydrogens (primary N) is 1. The number of carbonyl (C=O) groups excluding carboxylic acids is 1. The Morgan fingerprint density at radius 1 is 1.40 bits per heavy atom. The lowest BCUT2D eigenvalue weighted by Gasteiger charge is -2.23. The summed E-state index contributed by atoms with van der Waals surface area (Å²) in [5.41, 5.74) is 5.53. The molecule has 1 atom stereocenters. The van der Waals surface area contributed by atoms with Gasteiger partial charge in [-0.3, -0.25) is 9.69 Å². The predicted molar refractivity (Wildman–Crippen MR) is 66.8 cm³/mol. The number of hydrogen-bond acceptors (Lipinski definition) is 3. The van der Waals surface area contributed by atoms with Crippen molar-refractivity contribution in [3.63, 3.8) is 0 Å². The molecule has 88 valence electrons. The van der Waals surface area contributed by atoms with E-state index in [4.69, 9.17) is 18.0 Å². The molecule has 0 saturated heterocycles. The van der Waals surface area contributed by atoms with Crippen LogP contribution in [0.5, 0.6) is 0 Å². The number of hydrogen-bond donors (Lipinski definition) is 1. The average Bonchev–Trinajstić information content (AvgIpc) is 2.15. The summed E-state index contributed by atoms with van der Waals surface area (Å²) in [5.74, 6) is 0.159. The SMILES string of the molecule is CC(C(N)=S)N(C)CCCC(=O)N(C)C. The summed E-state index contributed by atoms with van der Waals surface area (Å²) in [6, 6.07) is 0.0921. The van der Waals surface area contributed by atoms with Crippen LogP contribution in [0.25, 0.3) is 0 Å². The minimum Gasteiger partial charge on any atom is -0.392 e. The van der Waals surface area contributed by atoms with Gasteiger partial charge in [0.05, 0.1) is 11.0 Å². The van der Waals surface area contributed by atoms with E-state index in [-0.39, 0.29) is 11.9 Å². The third-order valence-electron chi connectivity index (χ3n) is 2.47. The van der Waals surface area contributed by atoms with Crippen molar-refractivity contribution >= 4 is 23.1 Å². The standard InChI is InChI=1S/C10H21N3OS/c1-8(10(11)15)13(4)7-5-6-9(14)12(2)3/h8H,5-7H2,1-4H3,(H2,11,15). The largest absolute Gasteiger partial charge is 0.392 e. The van der Waals surface area contributed by atoms with Crippen LogP contribution in [-0.4, -0.2) is 54.4 Å². The molecule has 4 nitrogen and oxygen atoms in total. The molecular formula is C10H21N3OS. The fourth-order valence-corrected chi connectivity index (χ4v) is 1.29. The Kier molecular flexibility index (Phi) is 6.43. The molecule has 0 aromatic heterocycles. The first-order valence-electron chi connectivity index (χ1n) is 5.06. The van der Waals surface area contributed by atoms with E-state index in [1.807, 2.05) is 14.0 Å². The van der Waals surface area contributed by atoms with Crippen molar-refractivity contribution < 1.29 is 4.79 Å². The molecule has 2 N–H and O–H groups in total. The molecule has 0 spiro atoms. The van der Waals surface area contributed by atoms with Gasteiger partial charge >= 0.3 is 0 Å². The highest BCUT2D eigenvalue weighted by Crippen LogP contribution is 2.00. The lowest BCUT2D eigenvalue weighted by Crippen LogP contribution is -2.39. The Hall–Kier alpha value is -0.680. The summed E-state index contributed by atoms with van der Waals surface area (Å²) in [6.07, 6.45) is 1.40. The highest BCUT2D eigenvalue weighted by atomic mass is 32.1. The normalized spacial score (nSPS) is 12.6. The van der Waals surface area contributed by atoms with Crippen molar-refractivity contribution in [3.05, 3.63) is 0 Å². The fraction of sp³-hybridized carbons (Fsp3) is 0.800. The highest BCUT2D eigenvalue weighted by molar-refractivity contribution is 7.80. The van der Waals surface area contributed by atoms with E-state index in [1.165, 1.54) is 0 Å². The molecule has 1 unspecified atom stereocenters. The van der Waals surface area contributed by atoms with Crippen molar-refractivity contribution in [2.75, 3.05) is 27.7 Å². The highest BCUT2D eigenvalue weighted by Gasteiger charge is 2.12. The number of nitrogens with zero attached hydrogens (tertiary/aromatic N) is 2. The Balaban J connectivity index is 3.77. The number of thiocarbonyl (C=S) groups is 1. The maximum Gasteiger partial charge on any atom is 0.222 e. The Bertz CT molecular complexity index is 231. The lowest BCUT2D eigenvalue weighted by molar-refractivity contribution is -0.128. The summed E-state index contributed by atoms with van der Waals surface area (Å²) in [4.78, 5) is 15.5. The molecule has 0 aliphatic rings. The zero-order valence-electron chi connectivity index (χ0n) is 9.99. The van der Waals surface area contributed by atoms with E-state index in [0.717, 1.165) is 13.0 Å². The average molecular weight is 231 g/mol. The predicted octanol–water partition coefficient (Wildman–Crippen LogP) is 0.461. The van der Waals surface area contributed by atoms with Crippen molar-refractivity contribution in [3.8, 4) is 0 Å². The van der Waals surface area contributed by atoms with Crippen molar-refractivity contribution in [1.29, 1.82) is 0 Å². The summed E-state index contributed by atoms with van der Waals surface area (Å²) < 4.78 is 0. The zero-order chi connectivity index (χ0) is 12.0. The molecule has 0 heterocycles. The molecule has 0 bridgehead atoms. The van der Waals surface area contributed by atoms with Gasteiger partial charge in [-0.15, -0.1) is 0 Å². The third kappa shape index (κ3) is 5.69. The van der Waals surface area contributed by atoms with Gasteiger partial charge < -0.3 is 10.6 Å². The second kappa shape index (κ2) is 6.74. The zero-order valence-corrected chi connectivity index (χ0v) is 10.8. The molecule has 0 radical (unpaired) electrons. The minimum atomic E-state index is 0.0921. The third-order valence-corrected chi connectivity index (χ3v) is 2.81. The molecule has 0 aliphatic heterocycles. The number of rotatable bonds is 6. The maximum absolute atomic E-state index is 11.3. The first-order chi connectivity index (χ1) is 6.86. The van der Waals surface area contributed by atoms with Crippen LogP contribution in [-0.2, 0) is 4.79 Å². The van der Waals surface area contributed by atoms with Crippen LogP contribution in [0.1, 0.15) is 19.8 Å². The van der Waals surface area contributed by atoms with Crippen LogP contribution in [0.15, 0.2) is 0 Å². The number of likely N-dealkylation sites (N-methyl/N-ethyl adjacent to an activating group) is 1. The van der Waals surface area contributed by atoms with Gasteiger partial charge in [-0.1, -0.05) is 12.2 Å². The minimum absolute atomic E-state index is 0.0921. The Morgan fingerprint density at radius 3 is 2.33 bits per heavy atom. The molecule has 5 heteroatoms. The van der Waals surface area contributed by atoms with E-state index in [0.29, 0.717) is 11.4 Å². The van der Waals surface area contributed by atoms with Crippen molar-refractivity contribution in [2.45, 2.75) is 25.8 Å². The molecule has 0 aliphatic carbocycles. The quantitative estimate of drug-likeness (QED) is 0.675. The molecule has 0 aromatic rings. The summed E-state index contributed by atoms with van der Waals surface area (Å²) >= 11 is 4.90. The van der Waals surface area contributed by atoms with Crippen LogP contribution in [0.2, 0.25) is 0 Å². The Labute approximate surface area is 97.4 Å². The fourth-order valence-electron chi connectivity index (χ4n) is 1.11. The van der Waals surface area contributed by atoms with Crippen molar-refractivity contribution in [2.24, 2.45) is 5.73 Å². The van der Waals surface area contributed by atoms with E-state index >= 15 is 0 Å². The van der Waals surface area contributed by atoms with E-state index in [2.05, 4.69) is 4.90 Å². The molecule has 0 saturated carbocycles. The summed E-state index contributed by atoms with van der Waals surface area (Å²) in [6.45, 7) is 2.80. The molecule has 0 rings (SSSR count). The van der Waals surface area contributed by atoms with Gasteiger partial charge in [0.1, 0.15) is 0 Å². The molecule has 0 aromatic carbocycles. The van der Waals surface area contributed by atoms with Gasteiger partial charge in [-0.25, -0.2) is 0 Å². The first kappa shape index (κ1) is 14.3. The van der Waals surface area contributed by atoms with Crippen LogP contribution in [0.3, 0.4) is 0 Å². The smallest absolute Gasteiger partial charge is 0.222 e. The van der Waals surface area contributed by atoms with Crippen molar-refractivity contribution in [1.82, 2.24) is 9.80 Å². The second-order valence-corrected chi connectivity index (χ2v) is 4.42. The van der Waals surface area contributed by atoms with Gasteiger partial charge in [0.25, 0.3) is 0 Å². The van der Waals surface area contributed by atoms with E-state index in [9.17, 15) is 4.79 Å². The maximum atomic E-state index is 11.3. The molecule has 1 amide bonds. The Morgan fingerprint density at radius 2 is 1.93 bits per heavy atom. The van der Waals surface area contributed by atoms with Gasteiger partial charge in [0.2, 0.25) is 5.91 Å². The second-order valence-electron chi connectivity index (χ2n) is 3.95. The van der Waals surface area contributed by atoms with Crippen LogP contribution >= 0.6 is 12.2 Å². The molecular weight excluding hydrogens is 210 g/mol. The number of amides is 1. The topological polar surface area (TPSA) is 49.6 Å². The first-order valence-corrected chi connectivity index (χ1v) is 5.46. The van der Waals surface area contributed by atoms with E-state index < -0.39 is 0 Å². The van der Waals surface area contributed by atoms with Crippen LogP contribution < -0.4 is 5.73 Å². The summed E-state index contributed by atoms with van der Waals surface area (Å²) in [5, 5.41) is 0. The van der Waals surface area contributed by atoms with E-state index in [1.54, 1.807) is 19.0 Å². The summed E-state index contributed by atoms with van der Waals surface area (Å²) in [7, 11) is 5.50. The van der Waals surface area contributed by atoms with Crippen LogP contribution in [0.4, 0.5) is 0 Å². The van der Waals surface area contributed by atoms with Gasteiger partial charge in [0, 0.05) is 20.5 Å². The van der Waals surface area contributed by atoms with Gasteiger partial charge in [-0.2, -0.15) is 0 Å². The van der Waals surface area contributed by atoms with Crippen LogP contribution in [0, 0.1) is 0 Å². The number of carbonyl (C=O) groups is 1. The molecule has 15 heavy (non-hydrogen) atoms. The monoisotopic (exact) mass is 231 g/mol. The lowest BCUT2D eigenvalue weighted by atomic mass is 10.2. The van der Waals surface area contributed by atoms with Gasteiger partial charge in [-0.05, 0) is 26.9 Å². The van der Waals surface area contributed by atoms with Gasteiger partial charge in [0.15, 0.2) is 0 Å².